The van der Waals surface area contributed by atoms with Gasteiger partial charge in [0.2, 0.25) is 5.82 Å². The van der Waals surface area contributed by atoms with E-state index in [0.717, 1.165) is 19.3 Å². The first-order chi connectivity index (χ1) is 12.1. The van der Waals surface area contributed by atoms with Crippen LogP contribution in [0.3, 0.4) is 0 Å². The van der Waals surface area contributed by atoms with Gasteiger partial charge in [-0.05, 0) is 56.4 Å². The Hall–Kier alpha value is -2.24. The van der Waals surface area contributed by atoms with Crippen molar-refractivity contribution in [1.29, 1.82) is 0 Å². The van der Waals surface area contributed by atoms with Gasteiger partial charge >= 0.3 is 0 Å². The zero-order valence-corrected chi connectivity index (χ0v) is 14.8. The van der Waals surface area contributed by atoms with Crippen LogP contribution in [-0.4, -0.2) is 26.7 Å². The number of aryl methyl sites for hydroxylation is 1. The van der Waals surface area contributed by atoms with Crippen molar-refractivity contribution in [3.63, 3.8) is 0 Å². The van der Waals surface area contributed by atoms with Crippen LogP contribution in [0.5, 0.6) is 0 Å². The molecule has 1 aromatic carbocycles. The molecule has 25 heavy (non-hydrogen) atoms. The van der Waals surface area contributed by atoms with Crippen molar-refractivity contribution in [2.75, 3.05) is 0 Å². The van der Waals surface area contributed by atoms with Crippen LogP contribution < -0.4 is 5.32 Å². The predicted molar refractivity (Wildman–Crippen MR) is 94.2 cm³/mol. The lowest BCUT2D eigenvalue weighted by molar-refractivity contribution is 0.0916. The summed E-state index contributed by atoms with van der Waals surface area (Å²) in [7, 11) is 0. The summed E-state index contributed by atoms with van der Waals surface area (Å²) in [5.74, 6) is 0.800. The van der Waals surface area contributed by atoms with Crippen molar-refractivity contribution in [3.8, 4) is 5.69 Å². The first-order valence-corrected chi connectivity index (χ1v) is 9.09. The average Bonchev–Trinajstić information content (AvgIpc) is 3.20. The number of carbonyl (C=O) groups excluding carboxylic acids is 1. The quantitative estimate of drug-likeness (QED) is 0.867. The van der Waals surface area contributed by atoms with Crippen LogP contribution in [-0.2, 0) is 0 Å². The molecular weight excluding hydrogens is 319 g/mol. The summed E-state index contributed by atoms with van der Waals surface area (Å²) < 4.78 is 14.6. The number of hydrogen-bond donors (Lipinski definition) is 1. The molecule has 2 atom stereocenters. The Morgan fingerprint density at radius 1 is 1.32 bits per heavy atom. The van der Waals surface area contributed by atoms with Gasteiger partial charge in [0.25, 0.3) is 5.91 Å². The van der Waals surface area contributed by atoms with E-state index in [2.05, 4.69) is 22.3 Å². The number of carbonyl (C=O) groups is 1. The van der Waals surface area contributed by atoms with Crippen LogP contribution in [0.4, 0.5) is 4.39 Å². The van der Waals surface area contributed by atoms with E-state index in [9.17, 15) is 9.18 Å². The van der Waals surface area contributed by atoms with Gasteiger partial charge in [-0.25, -0.2) is 14.1 Å². The molecule has 3 rings (SSSR count). The number of nitrogens with zero attached hydrogens (tertiary/aromatic N) is 3. The Balaban J connectivity index is 1.70. The third-order valence-corrected chi connectivity index (χ3v) is 4.95. The maximum absolute atomic E-state index is 13.1. The first-order valence-electron chi connectivity index (χ1n) is 9.09. The molecule has 2 aromatic rings. The lowest BCUT2D eigenvalue weighted by Crippen LogP contribution is -2.38. The highest BCUT2D eigenvalue weighted by Gasteiger charge is 2.29. The minimum Gasteiger partial charge on any atom is -0.346 e. The standard InChI is InChI=1S/C19H25FN4O/c1-3-4-6-14-7-5-8-17(14)22-19(25)18-21-13(2)24(23-18)16-11-9-15(20)10-12-16/h9-12,14,17H,3-8H2,1-2H3,(H,22,25). The number of amides is 1. The monoisotopic (exact) mass is 344 g/mol. The van der Waals surface area contributed by atoms with E-state index in [4.69, 9.17) is 0 Å². The van der Waals surface area contributed by atoms with Gasteiger partial charge < -0.3 is 5.32 Å². The minimum atomic E-state index is -0.307. The van der Waals surface area contributed by atoms with Gasteiger partial charge in [-0.3, -0.25) is 4.79 Å². The molecule has 6 heteroatoms. The number of halogens is 1. The second-order valence-electron chi connectivity index (χ2n) is 6.78. The Morgan fingerprint density at radius 3 is 2.80 bits per heavy atom. The number of nitrogens with one attached hydrogen (secondary N) is 1. The fraction of sp³-hybridized carbons (Fsp3) is 0.526. The van der Waals surface area contributed by atoms with Gasteiger partial charge in [-0.1, -0.05) is 26.2 Å². The van der Waals surface area contributed by atoms with Gasteiger partial charge in [-0.2, -0.15) is 0 Å². The fourth-order valence-corrected chi connectivity index (χ4v) is 3.58. The molecule has 1 aliphatic rings. The number of benzene rings is 1. The molecule has 2 unspecified atom stereocenters. The molecule has 1 aromatic heterocycles. The molecule has 1 N–H and O–H groups in total. The number of hydrogen-bond acceptors (Lipinski definition) is 3. The summed E-state index contributed by atoms with van der Waals surface area (Å²) in [6.45, 7) is 3.98. The van der Waals surface area contributed by atoms with Crippen molar-refractivity contribution >= 4 is 5.91 Å². The molecule has 0 spiro atoms. The van der Waals surface area contributed by atoms with E-state index >= 15 is 0 Å². The number of unbranched alkanes of at least 4 members (excludes halogenated alkanes) is 1. The van der Waals surface area contributed by atoms with E-state index < -0.39 is 0 Å². The molecule has 0 aliphatic heterocycles. The number of rotatable bonds is 6. The first kappa shape index (κ1) is 17.6. The van der Waals surface area contributed by atoms with Crippen LogP contribution >= 0.6 is 0 Å². The molecule has 1 saturated carbocycles. The molecule has 0 radical (unpaired) electrons. The summed E-state index contributed by atoms with van der Waals surface area (Å²) in [6.07, 6.45) is 6.92. The van der Waals surface area contributed by atoms with Gasteiger partial charge in [0.05, 0.1) is 5.69 Å². The van der Waals surface area contributed by atoms with Crippen LogP contribution in [0.15, 0.2) is 24.3 Å². The Labute approximate surface area is 147 Å². The Bertz CT molecular complexity index is 726. The molecule has 1 aliphatic carbocycles. The number of aromatic nitrogens is 3. The molecule has 0 saturated heterocycles. The topological polar surface area (TPSA) is 59.8 Å². The molecule has 1 heterocycles. The third kappa shape index (κ3) is 4.06. The van der Waals surface area contributed by atoms with Gasteiger partial charge in [0.15, 0.2) is 0 Å². The summed E-state index contributed by atoms with van der Waals surface area (Å²) in [4.78, 5) is 16.8. The van der Waals surface area contributed by atoms with Crippen molar-refractivity contribution < 1.29 is 9.18 Å². The highest BCUT2D eigenvalue weighted by molar-refractivity contribution is 5.90. The van der Waals surface area contributed by atoms with Gasteiger partial charge in [-0.15, -0.1) is 5.10 Å². The van der Waals surface area contributed by atoms with Crippen molar-refractivity contribution in [1.82, 2.24) is 20.1 Å². The van der Waals surface area contributed by atoms with E-state index in [1.807, 2.05) is 0 Å². The minimum absolute atomic E-state index is 0.169. The second kappa shape index (κ2) is 7.76. The summed E-state index contributed by atoms with van der Waals surface area (Å²) in [5.41, 5.74) is 0.687. The maximum Gasteiger partial charge on any atom is 0.291 e. The Morgan fingerprint density at radius 2 is 2.08 bits per heavy atom. The summed E-state index contributed by atoms with van der Waals surface area (Å²) in [5, 5.41) is 7.43. The van der Waals surface area contributed by atoms with Crippen LogP contribution in [0.1, 0.15) is 61.9 Å². The lowest BCUT2D eigenvalue weighted by atomic mass is 9.97. The van der Waals surface area contributed by atoms with Crippen molar-refractivity contribution in [2.45, 2.75) is 58.4 Å². The van der Waals surface area contributed by atoms with Crippen molar-refractivity contribution in [2.24, 2.45) is 5.92 Å². The average molecular weight is 344 g/mol. The smallest absolute Gasteiger partial charge is 0.291 e. The maximum atomic E-state index is 13.1. The second-order valence-corrected chi connectivity index (χ2v) is 6.78. The zero-order valence-electron chi connectivity index (χ0n) is 14.8. The van der Waals surface area contributed by atoms with Gasteiger partial charge in [0.1, 0.15) is 11.6 Å². The van der Waals surface area contributed by atoms with Crippen LogP contribution in [0.25, 0.3) is 5.69 Å². The van der Waals surface area contributed by atoms with Gasteiger partial charge in [0, 0.05) is 6.04 Å². The van der Waals surface area contributed by atoms with E-state index in [1.54, 1.807) is 23.7 Å². The molecule has 0 bridgehead atoms. The third-order valence-electron chi connectivity index (χ3n) is 4.95. The lowest BCUT2D eigenvalue weighted by Gasteiger charge is -2.20. The normalized spacial score (nSPS) is 20.0. The zero-order chi connectivity index (χ0) is 17.8. The molecule has 1 amide bonds. The SMILES string of the molecule is CCCCC1CCCC1NC(=O)c1nc(C)n(-c2ccc(F)cc2)n1. The van der Waals surface area contributed by atoms with E-state index in [1.165, 1.54) is 31.4 Å². The Kier molecular flexibility index (Phi) is 5.46. The fourth-order valence-electron chi connectivity index (χ4n) is 3.58. The van der Waals surface area contributed by atoms with Crippen molar-refractivity contribution in [3.05, 3.63) is 41.7 Å². The molecule has 5 nitrogen and oxygen atoms in total. The summed E-state index contributed by atoms with van der Waals surface area (Å²) >= 11 is 0. The highest BCUT2D eigenvalue weighted by atomic mass is 19.1. The molecular formula is C19H25FN4O. The largest absolute Gasteiger partial charge is 0.346 e. The van der Waals surface area contributed by atoms with Crippen LogP contribution in [0, 0.1) is 18.7 Å². The van der Waals surface area contributed by atoms with E-state index in [0.29, 0.717) is 17.4 Å². The van der Waals surface area contributed by atoms with E-state index in [-0.39, 0.29) is 23.6 Å². The molecule has 134 valence electrons. The van der Waals surface area contributed by atoms with Crippen LogP contribution in [0.2, 0.25) is 0 Å². The highest BCUT2D eigenvalue weighted by Crippen LogP contribution is 2.30. The molecule has 1 fully saturated rings. The predicted octanol–water partition coefficient (Wildman–Crippen LogP) is 3.80. The summed E-state index contributed by atoms with van der Waals surface area (Å²) in [6, 6.07) is 6.20.